The lowest BCUT2D eigenvalue weighted by molar-refractivity contribution is -0.121. The summed E-state index contributed by atoms with van der Waals surface area (Å²) in [5.74, 6) is 0.813. The second kappa shape index (κ2) is 4.27. The van der Waals surface area contributed by atoms with Crippen LogP contribution in [0.2, 0.25) is 0 Å². The summed E-state index contributed by atoms with van der Waals surface area (Å²) in [6.07, 6.45) is 5.63. The number of hydrogen-bond acceptors (Lipinski definition) is 1. The van der Waals surface area contributed by atoms with Gasteiger partial charge in [-0.25, -0.2) is 0 Å². The second-order valence-electron chi connectivity index (χ2n) is 6.15. The molecule has 0 atom stereocenters. The van der Waals surface area contributed by atoms with Crippen molar-refractivity contribution < 1.29 is 4.79 Å². The molecule has 1 fully saturated rings. The van der Waals surface area contributed by atoms with Crippen LogP contribution in [-0.2, 0) is 4.79 Å². The van der Waals surface area contributed by atoms with Crippen LogP contribution in [0.1, 0.15) is 66.7 Å². The Morgan fingerprint density at radius 1 is 1.00 bits per heavy atom. The van der Waals surface area contributed by atoms with Crippen molar-refractivity contribution in [2.45, 2.75) is 66.7 Å². The molecular formula is C14H26O. The van der Waals surface area contributed by atoms with E-state index in [0.29, 0.717) is 11.7 Å². The van der Waals surface area contributed by atoms with Gasteiger partial charge in [0, 0.05) is 12.3 Å². The van der Waals surface area contributed by atoms with Gasteiger partial charge in [-0.2, -0.15) is 0 Å². The lowest BCUT2D eigenvalue weighted by atomic mass is 10.0. The second-order valence-corrected chi connectivity index (χ2v) is 6.15. The lowest BCUT2D eigenvalue weighted by Gasteiger charge is -2.03. The molecule has 1 saturated carbocycles. The van der Waals surface area contributed by atoms with Gasteiger partial charge in [-0.1, -0.05) is 53.9 Å². The Hall–Kier alpha value is -0.330. The van der Waals surface area contributed by atoms with Crippen molar-refractivity contribution in [1.82, 2.24) is 0 Å². The summed E-state index contributed by atoms with van der Waals surface area (Å²) in [5, 5.41) is 0. The quantitative estimate of drug-likeness (QED) is 0.600. The number of carbonyl (C=O) groups is 1. The highest BCUT2D eigenvalue weighted by Gasteiger charge is 2.67. The van der Waals surface area contributed by atoms with Gasteiger partial charge in [0.25, 0.3) is 0 Å². The van der Waals surface area contributed by atoms with E-state index in [4.69, 9.17) is 0 Å². The zero-order valence-electron chi connectivity index (χ0n) is 11.0. The Kier molecular flexibility index (Phi) is 3.63. The minimum absolute atomic E-state index is 0.231. The normalized spacial score (nSPS) is 22.7. The Morgan fingerprint density at radius 2 is 1.53 bits per heavy atom. The van der Waals surface area contributed by atoms with Gasteiger partial charge in [-0.3, -0.25) is 4.79 Å². The minimum atomic E-state index is 0.231. The molecule has 0 aromatic rings. The number of unbranched alkanes of at least 4 members (excludes halogenated alkanes) is 3. The molecule has 15 heavy (non-hydrogen) atoms. The summed E-state index contributed by atoms with van der Waals surface area (Å²) in [4.78, 5) is 12.0. The molecule has 0 radical (unpaired) electrons. The molecule has 0 N–H and O–H groups in total. The Labute approximate surface area is 94.6 Å². The highest BCUT2D eigenvalue weighted by Crippen LogP contribution is 2.68. The Bertz CT molecular complexity index is 224. The molecule has 1 aliphatic carbocycles. The molecule has 88 valence electrons. The average Bonchev–Trinajstić information content (AvgIpc) is 2.51. The van der Waals surface area contributed by atoms with Crippen LogP contribution in [-0.4, -0.2) is 5.78 Å². The zero-order valence-corrected chi connectivity index (χ0v) is 11.0. The molecule has 0 heterocycles. The maximum atomic E-state index is 12.0. The van der Waals surface area contributed by atoms with E-state index in [-0.39, 0.29) is 10.8 Å². The third-order valence-corrected chi connectivity index (χ3v) is 4.62. The molecule has 0 aromatic carbocycles. The predicted octanol–water partition coefficient (Wildman–Crippen LogP) is 4.21. The number of ketones is 1. The number of Topliss-reactive ketones (excluding diaryl/α,β-unsaturated/α-hetero) is 1. The first-order chi connectivity index (χ1) is 6.85. The van der Waals surface area contributed by atoms with Gasteiger partial charge in [-0.05, 0) is 17.3 Å². The van der Waals surface area contributed by atoms with Crippen LogP contribution in [0.5, 0.6) is 0 Å². The van der Waals surface area contributed by atoms with Crippen molar-refractivity contribution in [2.75, 3.05) is 0 Å². The van der Waals surface area contributed by atoms with E-state index in [1.54, 1.807) is 0 Å². The molecule has 0 aromatic heterocycles. The average molecular weight is 210 g/mol. The monoisotopic (exact) mass is 210 g/mol. The van der Waals surface area contributed by atoms with Gasteiger partial charge in [0.05, 0.1) is 0 Å². The summed E-state index contributed by atoms with van der Waals surface area (Å²) in [6, 6.07) is 0. The molecule has 0 amide bonds. The van der Waals surface area contributed by atoms with E-state index in [9.17, 15) is 4.79 Å². The first-order valence-corrected chi connectivity index (χ1v) is 6.38. The largest absolute Gasteiger partial charge is 0.299 e. The summed E-state index contributed by atoms with van der Waals surface area (Å²) in [5.41, 5.74) is 0.462. The zero-order chi connectivity index (χ0) is 11.7. The standard InChI is InChI=1S/C14H26O/c1-6-7-8-9-10-11(15)12-13(2,3)14(12,4)5/h12H,6-10H2,1-5H3. The van der Waals surface area contributed by atoms with Crippen LogP contribution >= 0.6 is 0 Å². The molecule has 0 aliphatic heterocycles. The topological polar surface area (TPSA) is 17.1 Å². The van der Waals surface area contributed by atoms with Crippen molar-refractivity contribution in [3.05, 3.63) is 0 Å². The van der Waals surface area contributed by atoms with E-state index in [1.807, 2.05) is 0 Å². The first-order valence-electron chi connectivity index (χ1n) is 6.38. The summed E-state index contributed by atoms with van der Waals surface area (Å²) in [6.45, 7) is 11.1. The van der Waals surface area contributed by atoms with Crippen LogP contribution in [0.25, 0.3) is 0 Å². The molecule has 0 saturated heterocycles. The number of rotatable bonds is 6. The summed E-state index contributed by atoms with van der Waals surface area (Å²) >= 11 is 0. The van der Waals surface area contributed by atoms with Crippen molar-refractivity contribution in [1.29, 1.82) is 0 Å². The van der Waals surface area contributed by atoms with E-state index < -0.39 is 0 Å². The Morgan fingerprint density at radius 3 is 1.93 bits per heavy atom. The maximum absolute atomic E-state index is 12.0. The van der Waals surface area contributed by atoms with Crippen LogP contribution in [0.4, 0.5) is 0 Å². The maximum Gasteiger partial charge on any atom is 0.137 e. The van der Waals surface area contributed by atoms with Crippen molar-refractivity contribution in [3.8, 4) is 0 Å². The fourth-order valence-electron chi connectivity index (χ4n) is 2.87. The van der Waals surface area contributed by atoms with Crippen LogP contribution in [0, 0.1) is 16.7 Å². The van der Waals surface area contributed by atoms with Gasteiger partial charge in [-0.15, -0.1) is 0 Å². The van der Waals surface area contributed by atoms with Crippen LogP contribution < -0.4 is 0 Å². The fraction of sp³-hybridized carbons (Fsp3) is 0.929. The van der Waals surface area contributed by atoms with Crippen molar-refractivity contribution >= 4 is 5.78 Å². The molecular weight excluding hydrogens is 184 g/mol. The van der Waals surface area contributed by atoms with Gasteiger partial charge >= 0.3 is 0 Å². The number of carbonyl (C=O) groups excluding carboxylic acids is 1. The Balaban J connectivity index is 2.32. The summed E-state index contributed by atoms with van der Waals surface area (Å²) < 4.78 is 0. The molecule has 1 heteroatoms. The van der Waals surface area contributed by atoms with Crippen LogP contribution in [0.15, 0.2) is 0 Å². The van der Waals surface area contributed by atoms with Crippen LogP contribution in [0.3, 0.4) is 0 Å². The minimum Gasteiger partial charge on any atom is -0.299 e. The molecule has 0 bridgehead atoms. The lowest BCUT2D eigenvalue weighted by Crippen LogP contribution is -2.06. The number of hydrogen-bond donors (Lipinski definition) is 0. The van der Waals surface area contributed by atoms with Gasteiger partial charge in [0.1, 0.15) is 5.78 Å². The first kappa shape index (κ1) is 12.7. The smallest absolute Gasteiger partial charge is 0.137 e. The molecule has 1 rings (SSSR count). The van der Waals surface area contributed by atoms with Gasteiger partial charge < -0.3 is 0 Å². The SMILES string of the molecule is CCCCCCC(=O)C1C(C)(C)C1(C)C. The highest BCUT2D eigenvalue weighted by molar-refractivity contribution is 5.86. The molecule has 0 spiro atoms. The van der Waals surface area contributed by atoms with E-state index in [2.05, 4.69) is 34.6 Å². The van der Waals surface area contributed by atoms with E-state index >= 15 is 0 Å². The van der Waals surface area contributed by atoms with Crippen molar-refractivity contribution in [2.24, 2.45) is 16.7 Å². The highest BCUT2D eigenvalue weighted by atomic mass is 16.1. The molecule has 1 aliphatic rings. The third kappa shape index (κ3) is 2.26. The van der Waals surface area contributed by atoms with Crippen molar-refractivity contribution in [3.63, 3.8) is 0 Å². The molecule has 1 nitrogen and oxygen atoms in total. The van der Waals surface area contributed by atoms with E-state index in [0.717, 1.165) is 12.8 Å². The predicted molar refractivity (Wildman–Crippen MR) is 64.8 cm³/mol. The summed E-state index contributed by atoms with van der Waals surface area (Å²) in [7, 11) is 0. The molecule has 0 unspecified atom stereocenters. The van der Waals surface area contributed by atoms with Gasteiger partial charge in [0.2, 0.25) is 0 Å². The van der Waals surface area contributed by atoms with Gasteiger partial charge in [0.15, 0.2) is 0 Å². The third-order valence-electron chi connectivity index (χ3n) is 4.62. The van der Waals surface area contributed by atoms with E-state index in [1.165, 1.54) is 19.3 Å². The fourth-order valence-corrected chi connectivity index (χ4v) is 2.87.